The van der Waals surface area contributed by atoms with Crippen LogP contribution in [-0.2, 0) is 11.3 Å². The molecule has 1 aliphatic rings. The molecule has 0 spiro atoms. The van der Waals surface area contributed by atoms with E-state index in [0.29, 0.717) is 32.8 Å². The molecule has 0 saturated heterocycles. The van der Waals surface area contributed by atoms with Crippen molar-refractivity contribution in [1.29, 1.82) is 0 Å². The Hall–Kier alpha value is -2.67. The fourth-order valence-corrected chi connectivity index (χ4v) is 4.33. The standard InChI is InChI=1S/C24H23ClN2O3S/c1-15-11-21(27-23(28)19-7-2-3-8-20(19)25)31-22(15)24(29)26-18-6-4-5-17(12-18)14-30-13-16-9-10-16/h2-8,11-12,16H,9-10,13-14H2,1H3,(H,26,29)(H,27,28). The SMILES string of the molecule is Cc1cc(NC(=O)c2ccccc2Cl)sc1C(=O)Nc1cccc(COCC2CC2)c1. The number of hydrogen-bond acceptors (Lipinski definition) is 4. The van der Waals surface area contributed by atoms with Gasteiger partial charge in [0.15, 0.2) is 0 Å². The minimum absolute atomic E-state index is 0.211. The van der Waals surface area contributed by atoms with E-state index in [-0.39, 0.29) is 11.8 Å². The van der Waals surface area contributed by atoms with Crippen molar-refractivity contribution in [2.75, 3.05) is 17.2 Å². The summed E-state index contributed by atoms with van der Waals surface area (Å²) in [6, 6.07) is 16.3. The lowest BCUT2D eigenvalue weighted by molar-refractivity contribution is 0.102. The molecule has 1 fully saturated rings. The van der Waals surface area contributed by atoms with E-state index in [4.69, 9.17) is 16.3 Å². The molecular weight excluding hydrogens is 432 g/mol. The Bertz CT molecular complexity index is 1110. The normalized spacial score (nSPS) is 13.1. The van der Waals surface area contributed by atoms with Gasteiger partial charge in [0, 0.05) is 12.3 Å². The Morgan fingerprint density at radius 3 is 2.65 bits per heavy atom. The molecule has 2 amide bonds. The van der Waals surface area contributed by atoms with Crippen molar-refractivity contribution in [3.8, 4) is 0 Å². The van der Waals surface area contributed by atoms with Crippen LogP contribution in [0, 0.1) is 12.8 Å². The van der Waals surface area contributed by atoms with Crippen molar-refractivity contribution in [3.63, 3.8) is 0 Å². The number of thiophene rings is 1. The molecule has 160 valence electrons. The molecule has 0 unspecified atom stereocenters. The Labute approximate surface area is 190 Å². The van der Waals surface area contributed by atoms with Crippen LogP contribution < -0.4 is 10.6 Å². The maximum absolute atomic E-state index is 12.8. The molecule has 0 atom stereocenters. The maximum Gasteiger partial charge on any atom is 0.266 e. The summed E-state index contributed by atoms with van der Waals surface area (Å²) in [4.78, 5) is 25.8. The van der Waals surface area contributed by atoms with Gasteiger partial charge in [-0.15, -0.1) is 11.3 Å². The van der Waals surface area contributed by atoms with Crippen LogP contribution in [0.3, 0.4) is 0 Å². The molecule has 4 rings (SSSR count). The van der Waals surface area contributed by atoms with Gasteiger partial charge < -0.3 is 15.4 Å². The second-order valence-electron chi connectivity index (χ2n) is 7.67. The van der Waals surface area contributed by atoms with Crippen LogP contribution in [0.5, 0.6) is 0 Å². The summed E-state index contributed by atoms with van der Waals surface area (Å²) in [5, 5.41) is 6.74. The first-order chi connectivity index (χ1) is 15.0. The second kappa shape index (κ2) is 9.64. The molecule has 2 N–H and O–H groups in total. The highest BCUT2D eigenvalue weighted by atomic mass is 35.5. The Morgan fingerprint density at radius 1 is 1.06 bits per heavy atom. The molecule has 0 radical (unpaired) electrons. The number of rotatable bonds is 8. The van der Waals surface area contributed by atoms with Crippen molar-refractivity contribution in [2.45, 2.75) is 26.4 Å². The zero-order valence-electron chi connectivity index (χ0n) is 17.1. The monoisotopic (exact) mass is 454 g/mol. The molecule has 5 nitrogen and oxygen atoms in total. The van der Waals surface area contributed by atoms with Crippen LogP contribution in [0.15, 0.2) is 54.6 Å². The molecular formula is C24H23ClN2O3S. The zero-order valence-corrected chi connectivity index (χ0v) is 18.7. The first-order valence-electron chi connectivity index (χ1n) is 10.1. The van der Waals surface area contributed by atoms with Crippen LogP contribution in [0.25, 0.3) is 0 Å². The van der Waals surface area contributed by atoms with E-state index in [0.717, 1.165) is 23.7 Å². The van der Waals surface area contributed by atoms with Gasteiger partial charge in [0.25, 0.3) is 11.8 Å². The van der Waals surface area contributed by atoms with E-state index in [1.54, 1.807) is 30.3 Å². The third-order valence-corrected chi connectivity index (χ3v) is 6.46. The fraction of sp³-hybridized carbons (Fsp3) is 0.250. The predicted molar refractivity (Wildman–Crippen MR) is 125 cm³/mol. The van der Waals surface area contributed by atoms with Gasteiger partial charge in [-0.1, -0.05) is 35.9 Å². The van der Waals surface area contributed by atoms with E-state index in [9.17, 15) is 9.59 Å². The van der Waals surface area contributed by atoms with Crippen molar-refractivity contribution in [3.05, 3.63) is 81.2 Å². The lowest BCUT2D eigenvalue weighted by Crippen LogP contribution is -2.12. The highest BCUT2D eigenvalue weighted by Crippen LogP contribution is 2.30. The third kappa shape index (κ3) is 5.73. The van der Waals surface area contributed by atoms with Gasteiger partial charge >= 0.3 is 0 Å². The van der Waals surface area contributed by atoms with Crippen molar-refractivity contribution in [1.82, 2.24) is 0 Å². The minimum Gasteiger partial charge on any atom is -0.376 e. The number of nitrogens with one attached hydrogen (secondary N) is 2. The van der Waals surface area contributed by atoms with Gasteiger partial charge in [-0.25, -0.2) is 0 Å². The van der Waals surface area contributed by atoms with Gasteiger partial charge in [0.2, 0.25) is 0 Å². The van der Waals surface area contributed by atoms with E-state index in [2.05, 4.69) is 10.6 Å². The third-order valence-electron chi connectivity index (χ3n) is 4.98. The van der Waals surface area contributed by atoms with E-state index >= 15 is 0 Å². The number of benzene rings is 2. The first kappa shape index (κ1) is 21.6. The van der Waals surface area contributed by atoms with Gasteiger partial charge in [-0.2, -0.15) is 0 Å². The number of aryl methyl sites for hydroxylation is 1. The number of hydrogen-bond donors (Lipinski definition) is 2. The van der Waals surface area contributed by atoms with Crippen molar-refractivity contribution < 1.29 is 14.3 Å². The molecule has 1 aliphatic carbocycles. The van der Waals surface area contributed by atoms with Crippen LogP contribution in [0.2, 0.25) is 5.02 Å². The molecule has 31 heavy (non-hydrogen) atoms. The number of carbonyl (C=O) groups is 2. The molecule has 1 aromatic heterocycles. The fourth-order valence-electron chi connectivity index (χ4n) is 3.15. The van der Waals surface area contributed by atoms with Gasteiger partial charge in [0.1, 0.15) is 0 Å². The van der Waals surface area contributed by atoms with E-state index in [1.165, 1.54) is 24.2 Å². The number of amides is 2. The topological polar surface area (TPSA) is 67.4 Å². The lowest BCUT2D eigenvalue weighted by Gasteiger charge is -2.08. The summed E-state index contributed by atoms with van der Waals surface area (Å²) in [5.41, 5.74) is 2.92. The van der Waals surface area contributed by atoms with Gasteiger partial charge in [-0.05, 0) is 67.1 Å². The largest absolute Gasteiger partial charge is 0.376 e. The zero-order chi connectivity index (χ0) is 21.8. The predicted octanol–water partition coefficient (Wildman–Crippen LogP) is 6.14. The molecule has 0 aliphatic heterocycles. The van der Waals surface area contributed by atoms with E-state index in [1.807, 2.05) is 31.2 Å². The van der Waals surface area contributed by atoms with Crippen LogP contribution in [-0.4, -0.2) is 18.4 Å². The van der Waals surface area contributed by atoms with Gasteiger partial charge in [0.05, 0.1) is 27.1 Å². The highest BCUT2D eigenvalue weighted by Gasteiger charge is 2.21. The number of carbonyl (C=O) groups excluding carboxylic acids is 2. The Morgan fingerprint density at radius 2 is 1.87 bits per heavy atom. The molecule has 3 aromatic rings. The quantitative estimate of drug-likeness (QED) is 0.429. The van der Waals surface area contributed by atoms with Gasteiger partial charge in [-0.3, -0.25) is 9.59 Å². The first-order valence-corrected chi connectivity index (χ1v) is 11.3. The summed E-state index contributed by atoms with van der Waals surface area (Å²) in [5.74, 6) is 0.201. The number of anilines is 2. The molecule has 1 saturated carbocycles. The number of halogens is 1. The summed E-state index contributed by atoms with van der Waals surface area (Å²) in [6.07, 6.45) is 2.52. The molecule has 0 bridgehead atoms. The molecule has 7 heteroatoms. The molecule has 1 heterocycles. The Balaban J connectivity index is 1.39. The molecule has 2 aromatic carbocycles. The smallest absolute Gasteiger partial charge is 0.266 e. The summed E-state index contributed by atoms with van der Waals surface area (Å²) < 4.78 is 5.73. The summed E-state index contributed by atoms with van der Waals surface area (Å²) in [6.45, 7) is 3.18. The average Bonchev–Trinajstić information content (AvgIpc) is 3.49. The van der Waals surface area contributed by atoms with Crippen LogP contribution >= 0.6 is 22.9 Å². The van der Waals surface area contributed by atoms with Crippen LogP contribution in [0.1, 0.15) is 44.0 Å². The van der Waals surface area contributed by atoms with Crippen LogP contribution in [0.4, 0.5) is 10.7 Å². The average molecular weight is 455 g/mol. The van der Waals surface area contributed by atoms with Crippen molar-refractivity contribution >= 4 is 45.4 Å². The summed E-state index contributed by atoms with van der Waals surface area (Å²) in [7, 11) is 0. The lowest BCUT2D eigenvalue weighted by atomic mass is 10.2. The van der Waals surface area contributed by atoms with Crippen molar-refractivity contribution in [2.24, 2.45) is 5.92 Å². The highest BCUT2D eigenvalue weighted by molar-refractivity contribution is 7.18. The Kier molecular flexibility index (Phi) is 6.70. The number of ether oxygens (including phenoxy) is 1. The summed E-state index contributed by atoms with van der Waals surface area (Å²) >= 11 is 7.33. The van der Waals surface area contributed by atoms with E-state index < -0.39 is 0 Å². The minimum atomic E-state index is -0.308. The maximum atomic E-state index is 12.8. The second-order valence-corrected chi connectivity index (χ2v) is 9.13.